The number of rotatable bonds is 3. The highest BCUT2D eigenvalue weighted by Crippen LogP contribution is 2.24. The summed E-state index contributed by atoms with van der Waals surface area (Å²) in [5, 5.41) is 4.00. The molecule has 0 unspecified atom stereocenters. The number of nitrogens with zero attached hydrogens (tertiary/aromatic N) is 2. The minimum absolute atomic E-state index is 0.256. The number of ether oxygens (including phenoxy) is 1. The summed E-state index contributed by atoms with van der Waals surface area (Å²) in [5.41, 5.74) is 6.33. The van der Waals surface area contributed by atoms with Crippen molar-refractivity contribution in [3.63, 3.8) is 0 Å². The molecule has 0 aliphatic heterocycles. The van der Waals surface area contributed by atoms with Crippen LogP contribution in [0.4, 0.5) is 19.0 Å². The van der Waals surface area contributed by atoms with Gasteiger partial charge in [-0.1, -0.05) is 12.1 Å². The Kier molecular flexibility index (Phi) is 3.70. The van der Waals surface area contributed by atoms with Crippen molar-refractivity contribution in [2.45, 2.75) is 12.9 Å². The summed E-state index contributed by atoms with van der Waals surface area (Å²) in [5.74, 6) is 0.136. The van der Waals surface area contributed by atoms with Crippen LogP contribution in [0.5, 0.6) is 5.75 Å². The molecule has 0 amide bonds. The van der Waals surface area contributed by atoms with Crippen LogP contribution in [-0.4, -0.2) is 16.1 Å². The molecule has 0 fully saturated rings. The quantitative estimate of drug-likeness (QED) is 0.937. The van der Waals surface area contributed by atoms with E-state index in [1.165, 1.54) is 29.1 Å². The highest BCUT2D eigenvalue weighted by molar-refractivity contribution is 9.10. The molecule has 0 bridgehead atoms. The second-order valence-corrected chi connectivity index (χ2v) is 4.58. The minimum atomic E-state index is -4.70. The summed E-state index contributed by atoms with van der Waals surface area (Å²) >= 11 is 3.20. The van der Waals surface area contributed by atoms with Gasteiger partial charge in [-0.2, -0.15) is 5.10 Å². The van der Waals surface area contributed by atoms with E-state index in [0.29, 0.717) is 15.9 Å². The van der Waals surface area contributed by atoms with Crippen LogP contribution in [0, 0.1) is 0 Å². The predicted molar refractivity (Wildman–Crippen MR) is 66.6 cm³/mol. The van der Waals surface area contributed by atoms with Gasteiger partial charge in [-0.25, -0.2) is 4.68 Å². The maximum atomic E-state index is 12.1. The third-order valence-corrected chi connectivity index (χ3v) is 2.91. The number of nitrogens with two attached hydrogens (primary N) is 1. The number of hydrogen-bond donors (Lipinski definition) is 1. The van der Waals surface area contributed by atoms with E-state index in [1.807, 2.05) is 0 Å². The molecule has 19 heavy (non-hydrogen) atoms. The Labute approximate surface area is 115 Å². The Morgan fingerprint density at radius 2 is 2.11 bits per heavy atom. The molecule has 0 atom stereocenters. The van der Waals surface area contributed by atoms with Gasteiger partial charge in [0.2, 0.25) is 0 Å². The van der Waals surface area contributed by atoms with Gasteiger partial charge in [0, 0.05) is 0 Å². The molecule has 0 spiro atoms. The van der Waals surface area contributed by atoms with Gasteiger partial charge < -0.3 is 10.5 Å². The molecule has 1 heterocycles. The van der Waals surface area contributed by atoms with E-state index >= 15 is 0 Å². The summed E-state index contributed by atoms with van der Waals surface area (Å²) < 4.78 is 42.3. The van der Waals surface area contributed by atoms with Gasteiger partial charge in [0.25, 0.3) is 0 Å². The lowest BCUT2D eigenvalue weighted by Gasteiger charge is -2.10. The summed E-state index contributed by atoms with van der Waals surface area (Å²) in [6.07, 6.45) is -3.18. The Morgan fingerprint density at radius 1 is 1.37 bits per heavy atom. The molecular weight excluding hydrogens is 327 g/mol. The topological polar surface area (TPSA) is 53.1 Å². The summed E-state index contributed by atoms with van der Waals surface area (Å²) in [4.78, 5) is 0. The number of hydrogen-bond acceptors (Lipinski definition) is 3. The van der Waals surface area contributed by atoms with E-state index in [9.17, 15) is 13.2 Å². The van der Waals surface area contributed by atoms with Gasteiger partial charge >= 0.3 is 6.36 Å². The number of benzene rings is 1. The first-order valence-corrected chi connectivity index (χ1v) is 5.96. The second kappa shape index (κ2) is 5.12. The number of aromatic nitrogens is 2. The zero-order valence-electron chi connectivity index (χ0n) is 9.49. The van der Waals surface area contributed by atoms with Crippen molar-refractivity contribution in [1.82, 2.24) is 9.78 Å². The molecule has 0 aliphatic carbocycles. The van der Waals surface area contributed by atoms with Crippen molar-refractivity contribution in [1.29, 1.82) is 0 Å². The number of anilines is 1. The SMILES string of the molecule is Nc1c(Br)cnn1Cc1cccc(OC(F)(F)F)c1. The molecule has 0 saturated carbocycles. The number of nitrogen functional groups attached to an aromatic ring is 1. The van der Waals surface area contributed by atoms with Gasteiger partial charge in [-0.15, -0.1) is 13.2 Å². The van der Waals surface area contributed by atoms with E-state index in [-0.39, 0.29) is 12.3 Å². The highest BCUT2D eigenvalue weighted by Gasteiger charge is 2.31. The maximum Gasteiger partial charge on any atom is 0.573 e. The first kappa shape index (κ1) is 13.7. The van der Waals surface area contributed by atoms with Crippen molar-refractivity contribution in [3.8, 4) is 5.75 Å². The van der Waals surface area contributed by atoms with Crippen molar-refractivity contribution < 1.29 is 17.9 Å². The van der Waals surface area contributed by atoms with Crippen molar-refractivity contribution in [3.05, 3.63) is 40.5 Å². The fraction of sp³-hybridized carbons (Fsp3) is 0.182. The second-order valence-electron chi connectivity index (χ2n) is 3.73. The van der Waals surface area contributed by atoms with Crippen molar-refractivity contribution >= 4 is 21.7 Å². The smallest absolute Gasteiger partial charge is 0.406 e. The first-order chi connectivity index (χ1) is 8.85. The zero-order chi connectivity index (χ0) is 14.0. The van der Waals surface area contributed by atoms with Crippen LogP contribution in [-0.2, 0) is 6.54 Å². The molecule has 1 aromatic heterocycles. The largest absolute Gasteiger partial charge is 0.573 e. The van der Waals surface area contributed by atoms with E-state index in [4.69, 9.17) is 5.73 Å². The van der Waals surface area contributed by atoms with E-state index < -0.39 is 6.36 Å². The Hall–Kier alpha value is -1.70. The van der Waals surface area contributed by atoms with E-state index in [1.54, 1.807) is 6.07 Å². The molecule has 1 aromatic carbocycles. The third kappa shape index (κ3) is 3.63. The van der Waals surface area contributed by atoms with Crippen LogP contribution in [0.2, 0.25) is 0 Å². The standard InChI is InChI=1S/C11H9BrF3N3O/c12-9-5-17-18(10(9)16)6-7-2-1-3-8(4-7)19-11(13,14)15/h1-5H,6,16H2. The average molecular weight is 336 g/mol. The van der Waals surface area contributed by atoms with Gasteiger partial charge in [-0.3, -0.25) is 0 Å². The molecule has 102 valence electrons. The fourth-order valence-corrected chi connectivity index (χ4v) is 1.81. The predicted octanol–water partition coefficient (Wildman–Crippen LogP) is 3.17. The van der Waals surface area contributed by atoms with E-state index in [0.717, 1.165) is 0 Å². The Morgan fingerprint density at radius 3 is 2.68 bits per heavy atom. The van der Waals surface area contributed by atoms with Crippen molar-refractivity contribution in [2.24, 2.45) is 0 Å². The Bertz CT molecular complexity index is 583. The molecular formula is C11H9BrF3N3O. The van der Waals surface area contributed by atoms with Crippen LogP contribution < -0.4 is 10.5 Å². The molecule has 8 heteroatoms. The normalized spacial score (nSPS) is 11.6. The fourth-order valence-electron chi connectivity index (χ4n) is 1.51. The molecule has 0 saturated heterocycles. The first-order valence-electron chi connectivity index (χ1n) is 5.16. The molecule has 2 rings (SSSR count). The molecule has 4 nitrogen and oxygen atoms in total. The highest BCUT2D eigenvalue weighted by atomic mass is 79.9. The molecule has 2 aromatic rings. The molecule has 2 N–H and O–H groups in total. The van der Waals surface area contributed by atoms with E-state index in [2.05, 4.69) is 25.8 Å². The summed E-state index contributed by atoms with van der Waals surface area (Å²) in [7, 11) is 0. The number of halogens is 4. The van der Waals surface area contributed by atoms with Gasteiger partial charge in [0.1, 0.15) is 11.6 Å². The van der Waals surface area contributed by atoms with Gasteiger partial charge in [-0.05, 0) is 33.6 Å². The van der Waals surface area contributed by atoms with Crippen molar-refractivity contribution in [2.75, 3.05) is 5.73 Å². The zero-order valence-corrected chi connectivity index (χ0v) is 11.1. The van der Waals surface area contributed by atoms with Crippen LogP contribution in [0.3, 0.4) is 0 Å². The Balaban J connectivity index is 2.17. The molecule has 0 radical (unpaired) electrons. The third-order valence-electron chi connectivity index (χ3n) is 2.30. The van der Waals surface area contributed by atoms with Crippen LogP contribution in [0.25, 0.3) is 0 Å². The van der Waals surface area contributed by atoms with Crippen LogP contribution >= 0.6 is 15.9 Å². The van der Waals surface area contributed by atoms with Gasteiger partial charge in [0.15, 0.2) is 0 Å². The average Bonchev–Trinajstić information content (AvgIpc) is 2.59. The maximum absolute atomic E-state index is 12.1. The van der Waals surface area contributed by atoms with Crippen LogP contribution in [0.15, 0.2) is 34.9 Å². The minimum Gasteiger partial charge on any atom is -0.406 e. The van der Waals surface area contributed by atoms with Gasteiger partial charge in [0.05, 0.1) is 17.2 Å². The lowest BCUT2D eigenvalue weighted by Crippen LogP contribution is -2.17. The molecule has 0 aliphatic rings. The summed E-state index contributed by atoms with van der Waals surface area (Å²) in [6, 6.07) is 5.67. The lowest BCUT2D eigenvalue weighted by atomic mass is 10.2. The monoisotopic (exact) mass is 335 g/mol. The van der Waals surface area contributed by atoms with Crippen LogP contribution in [0.1, 0.15) is 5.56 Å². The summed E-state index contributed by atoms with van der Waals surface area (Å²) in [6.45, 7) is 0.256. The number of alkyl halides is 3. The lowest BCUT2D eigenvalue weighted by molar-refractivity contribution is -0.274.